The number of fused-ring (bicyclic) bond motifs is 1. The third-order valence-electron chi connectivity index (χ3n) is 5.91. The van der Waals surface area contributed by atoms with Gasteiger partial charge >= 0.3 is 0 Å². The molecule has 0 unspecified atom stereocenters. The Bertz CT molecular complexity index is 1140. The van der Waals surface area contributed by atoms with E-state index in [9.17, 15) is 18.0 Å². The fourth-order valence-corrected chi connectivity index (χ4v) is 4.11. The van der Waals surface area contributed by atoms with Gasteiger partial charge in [-0.25, -0.2) is 18.0 Å². The summed E-state index contributed by atoms with van der Waals surface area (Å²) in [5, 5.41) is 8.78. The van der Waals surface area contributed by atoms with Crippen molar-refractivity contribution >= 4 is 11.6 Å². The van der Waals surface area contributed by atoms with Crippen LogP contribution in [0.15, 0.2) is 30.3 Å². The molecule has 0 radical (unpaired) electrons. The summed E-state index contributed by atoms with van der Waals surface area (Å²) < 4.78 is 47.5. The highest BCUT2D eigenvalue weighted by atomic mass is 19.1. The molecule has 0 bridgehead atoms. The van der Waals surface area contributed by atoms with Gasteiger partial charge in [0, 0.05) is 31.7 Å². The molecular formula is C23H19F3N4O2. The lowest BCUT2D eigenvalue weighted by atomic mass is 10.0. The second kappa shape index (κ2) is 8.99. The van der Waals surface area contributed by atoms with Crippen molar-refractivity contribution in [1.29, 1.82) is 5.26 Å². The van der Waals surface area contributed by atoms with Crippen molar-refractivity contribution in [3.05, 3.63) is 75.9 Å². The molecule has 2 saturated heterocycles. The molecule has 2 heterocycles. The first-order valence-corrected chi connectivity index (χ1v) is 10.1. The number of hydrogen-bond donors (Lipinski definition) is 0. The summed E-state index contributed by atoms with van der Waals surface area (Å²) in [6.45, 7) is 9.36. The predicted octanol–water partition coefficient (Wildman–Crippen LogP) is 3.35. The Hall–Kier alpha value is -3.40. The Morgan fingerprint density at radius 3 is 2.72 bits per heavy atom. The minimum atomic E-state index is -0.851. The molecule has 2 aromatic carbocycles. The molecule has 164 valence electrons. The van der Waals surface area contributed by atoms with E-state index in [1.165, 1.54) is 12.1 Å². The summed E-state index contributed by atoms with van der Waals surface area (Å²) >= 11 is 0. The summed E-state index contributed by atoms with van der Waals surface area (Å²) in [5.41, 5.74) is 0.203. The molecule has 2 atom stereocenters. The molecule has 0 saturated carbocycles. The fraction of sp³-hybridized carbons (Fsp3) is 0.348. The van der Waals surface area contributed by atoms with E-state index in [-0.39, 0.29) is 35.7 Å². The first-order chi connectivity index (χ1) is 15.4. The van der Waals surface area contributed by atoms with Crippen LogP contribution >= 0.6 is 0 Å². The number of benzene rings is 2. The van der Waals surface area contributed by atoms with Gasteiger partial charge in [-0.3, -0.25) is 9.69 Å². The van der Waals surface area contributed by atoms with Crippen molar-refractivity contribution in [2.24, 2.45) is 0 Å². The Balaban J connectivity index is 1.38. The molecule has 0 aromatic heterocycles. The first kappa shape index (κ1) is 21.8. The molecule has 4 rings (SSSR count). The van der Waals surface area contributed by atoms with Crippen LogP contribution in [0, 0.1) is 35.4 Å². The third-order valence-corrected chi connectivity index (χ3v) is 5.91. The summed E-state index contributed by atoms with van der Waals surface area (Å²) in [7, 11) is 0. The molecule has 32 heavy (non-hydrogen) atoms. The molecule has 9 heteroatoms. The Labute approximate surface area is 183 Å². The van der Waals surface area contributed by atoms with Crippen molar-refractivity contribution in [1.82, 2.24) is 9.80 Å². The summed E-state index contributed by atoms with van der Waals surface area (Å²) in [5.74, 6) is -2.52. The third kappa shape index (κ3) is 4.31. The van der Waals surface area contributed by atoms with Gasteiger partial charge in [-0.15, -0.1) is 0 Å². The highest BCUT2D eigenvalue weighted by Crippen LogP contribution is 2.30. The van der Waals surface area contributed by atoms with E-state index in [0.717, 1.165) is 17.7 Å². The van der Waals surface area contributed by atoms with E-state index in [2.05, 4.69) is 9.74 Å². The number of carbonyl (C=O) groups excluding carboxylic acids is 1. The minimum Gasteiger partial charge on any atom is -0.371 e. The number of rotatable bonds is 3. The SMILES string of the molecule is [C-]#[N+]c1cc([C@@H]2CN3CCN(C(=O)Cc4cc(F)c(C#N)cc4F)C[C@H]3CO2)ccc1F. The lowest BCUT2D eigenvalue weighted by molar-refractivity contribution is -0.139. The second-order valence-corrected chi connectivity index (χ2v) is 7.85. The van der Waals surface area contributed by atoms with Gasteiger partial charge in [0.2, 0.25) is 11.6 Å². The van der Waals surface area contributed by atoms with Crippen LogP contribution in [0.5, 0.6) is 0 Å². The number of ether oxygens (including phenoxy) is 1. The van der Waals surface area contributed by atoms with Crippen LogP contribution in [0.2, 0.25) is 0 Å². The second-order valence-electron chi connectivity index (χ2n) is 7.85. The van der Waals surface area contributed by atoms with Gasteiger partial charge < -0.3 is 9.64 Å². The van der Waals surface area contributed by atoms with Crippen LogP contribution in [0.4, 0.5) is 18.9 Å². The number of nitrogens with zero attached hydrogens (tertiary/aromatic N) is 4. The number of nitriles is 1. The van der Waals surface area contributed by atoms with E-state index in [4.69, 9.17) is 16.6 Å². The number of piperazine rings is 1. The van der Waals surface area contributed by atoms with E-state index in [1.807, 2.05) is 0 Å². The number of carbonyl (C=O) groups is 1. The zero-order chi connectivity index (χ0) is 22.8. The van der Waals surface area contributed by atoms with Crippen LogP contribution < -0.4 is 0 Å². The summed E-state index contributed by atoms with van der Waals surface area (Å²) in [4.78, 5) is 19.7. The van der Waals surface area contributed by atoms with Gasteiger partial charge in [-0.05, 0) is 29.8 Å². The molecule has 0 aliphatic carbocycles. The van der Waals surface area contributed by atoms with Crippen LogP contribution in [-0.2, 0) is 16.0 Å². The largest absolute Gasteiger partial charge is 0.371 e. The van der Waals surface area contributed by atoms with Gasteiger partial charge in [0.25, 0.3) is 0 Å². The number of halogens is 3. The summed E-state index contributed by atoms with van der Waals surface area (Å²) in [6.07, 6.45) is -0.593. The predicted molar refractivity (Wildman–Crippen MR) is 108 cm³/mol. The number of hydrogen-bond acceptors (Lipinski definition) is 4. The normalized spacial score (nSPS) is 20.8. The molecular weight excluding hydrogens is 421 g/mol. The van der Waals surface area contributed by atoms with Crippen LogP contribution in [0.1, 0.15) is 22.8 Å². The van der Waals surface area contributed by atoms with Crippen molar-refractivity contribution < 1.29 is 22.7 Å². The lowest BCUT2D eigenvalue weighted by Gasteiger charge is -2.46. The highest BCUT2D eigenvalue weighted by Gasteiger charge is 2.35. The maximum absolute atomic E-state index is 14.1. The summed E-state index contributed by atoms with van der Waals surface area (Å²) in [6, 6.07) is 7.60. The first-order valence-electron chi connectivity index (χ1n) is 10.1. The molecule has 2 aliphatic rings. The Morgan fingerprint density at radius 1 is 1.16 bits per heavy atom. The Morgan fingerprint density at radius 2 is 1.97 bits per heavy atom. The van der Waals surface area contributed by atoms with Crippen molar-refractivity contribution in [3.63, 3.8) is 0 Å². The lowest BCUT2D eigenvalue weighted by Crippen LogP contribution is -2.59. The fourth-order valence-electron chi connectivity index (χ4n) is 4.11. The molecule has 0 spiro atoms. The molecule has 6 nitrogen and oxygen atoms in total. The standard InChI is InChI=1S/C23H19F3N4O2/c1-28-21-8-14(2-3-18(21)24)22-12-29-4-5-30(11-17(29)13-32-22)23(31)9-15-6-20(26)16(10-27)7-19(15)25/h2-3,6-8,17,22H,4-5,9,11-13H2/t17-,22-/m0/s1. The van der Waals surface area contributed by atoms with Crippen molar-refractivity contribution in [3.8, 4) is 6.07 Å². The molecule has 2 fully saturated rings. The smallest absolute Gasteiger partial charge is 0.227 e. The van der Waals surface area contributed by atoms with Gasteiger partial charge in [-0.1, -0.05) is 6.07 Å². The van der Waals surface area contributed by atoms with E-state index < -0.39 is 23.0 Å². The van der Waals surface area contributed by atoms with Crippen molar-refractivity contribution in [2.45, 2.75) is 18.6 Å². The maximum atomic E-state index is 14.1. The molecule has 0 N–H and O–H groups in total. The van der Waals surface area contributed by atoms with Crippen LogP contribution in [0.3, 0.4) is 0 Å². The van der Waals surface area contributed by atoms with Crippen LogP contribution in [-0.4, -0.2) is 54.5 Å². The topological polar surface area (TPSA) is 60.9 Å². The quantitative estimate of drug-likeness (QED) is 0.687. The van der Waals surface area contributed by atoms with E-state index in [0.29, 0.717) is 32.8 Å². The number of morpholine rings is 1. The minimum absolute atomic E-state index is 0.0462. The van der Waals surface area contributed by atoms with Crippen LogP contribution in [0.25, 0.3) is 4.85 Å². The van der Waals surface area contributed by atoms with E-state index >= 15 is 0 Å². The van der Waals surface area contributed by atoms with Gasteiger partial charge in [0.05, 0.1) is 37.3 Å². The maximum Gasteiger partial charge on any atom is 0.227 e. The van der Waals surface area contributed by atoms with Gasteiger partial charge in [0.15, 0.2) is 0 Å². The zero-order valence-electron chi connectivity index (χ0n) is 17.0. The van der Waals surface area contributed by atoms with Gasteiger partial charge in [-0.2, -0.15) is 5.26 Å². The molecule has 1 amide bonds. The Kier molecular flexibility index (Phi) is 6.13. The van der Waals surface area contributed by atoms with Gasteiger partial charge in [0.1, 0.15) is 23.5 Å². The average Bonchev–Trinajstić information content (AvgIpc) is 2.80. The highest BCUT2D eigenvalue weighted by molar-refractivity contribution is 5.79. The monoisotopic (exact) mass is 440 g/mol. The zero-order valence-corrected chi connectivity index (χ0v) is 17.0. The van der Waals surface area contributed by atoms with Crippen molar-refractivity contribution in [2.75, 3.05) is 32.8 Å². The molecule has 2 aromatic rings. The number of amides is 1. The average molecular weight is 440 g/mol. The van der Waals surface area contributed by atoms with E-state index in [1.54, 1.807) is 17.0 Å². The molecule has 2 aliphatic heterocycles.